The highest BCUT2D eigenvalue weighted by atomic mass is 19.1. The first kappa shape index (κ1) is 14.1. The molecule has 0 heterocycles. The third-order valence-corrected chi connectivity index (χ3v) is 2.29. The summed E-state index contributed by atoms with van der Waals surface area (Å²) >= 11 is 0. The van der Waals surface area contributed by atoms with Gasteiger partial charge in [0.05, 0.1) is 6.26 Å². The monoisotopic (exact) mass is 250 g/mol. The lowest BCUT2D eigenvalue weighted by Gasteiger charge is -2.02. The van der Waals surface area contributed by atoms with Gasteiger partial charge in [0, 0.05) is 5.92 Å². The molecule has 18 heavy (non-hydrogen) atoms. The number of halogens is 1. The highest BCUT2D eigenvalue weighted by molar-refractivity contribution is 5.96. The van der Waals surface area contributed by atoms with Crippen LogP contribution in [0.5, 0.6) is 0 Å². The fourth-order valence-electron chi connectivity index (χ4n) is 1.15. The van der Waals surface area contributed by atoms with Crippen molar-refractivity contribution in [3.63, 3.8) is 0 Å². The molecule has 0 aliphatic carbocycles. The molecule has 0 atom stereocenters. The van der Waals surface area contributed by atoms with Gasteiger partial charge >= 0.3 is 5.97 Å². The molecule has 0 spiro atoms. The van der Waals surface area contributed by atoms with Crippen molar-refractivity contribution in [3.05, 3.63) is 41.9 Å². The number of ketones is 1. The summed E-state index contributed by atoms with van der Waals surface area (Å²) < 4.78 is 17.4. The van der Waals surface area contributed by atoms with Crippen molar-refractivity contribution in [2.45, 2.75) is 20.3 Å². The lowest BCUT2D eigenvalue weighted by atomic mass is 10.1. The van der Waals surface area contributed by atoms with Crippen molar-refractivity contribution < 1.29 is 18.7 Å². The molecule has 0 amide bonds. The first-order valence-electron chi connectivity index (χ1n) is 5.63. The Hall–Kier alpha value is -1.97. The standard InChI is InChI=1S/C14H15FO3/c1-10(2)13(16)9-14(17)18-8-7-11-3-5-12(15)6-4-11/h3-8,10H,9H2,1-2H3/b8-7+. The summed E-state index contributed by atoms with van der Waals surface area (Å²) in [6.45, 7) is 3.45. The third-order valence-electron chi connectivity index (χ3n) is 2.29. The van der Waals surface area contributed by atoms with E-state index in [1.54, 1.807) is 26.0 Å². The summed E-state index contributed by atoms with van der Waals surface area (Å²) in [5.41, 5.74) is 0.708. The summed E-state index contributed by atoms with van der Waals surface area (Å²) in [4.78, 5) is 22.5. The van der Waals surface area contributed by atoms with E-state index < -0.39 is 5.97 Å². The fraction of sp³-hybridized carbons (Fsp3) is 0.286. The average molecular weight is 250 g/mol. The molecule has 4 heteroatoms. The van der Waals surface area contributed by atoms with Crippen LogP contribution in [0.15, 0.2) is 30.5 Å². The van der Waals surface area contributed by atoms with Crippen molar-refractivity contribution >= 4 is 17.8 Å². The van der Waals surface area contributed by atoms with E-state index in [9.17, 15) is 14.0 Å². The van der Waals surface area contributed by atoms with Crippen LogP contribution >= 0.6 is 0 Å². The van der Waals surface area contributed by atoms with E-state index in [0.717, 1.165) is 0 Å². The second-order valence-electron chi connectivity index (χ2n) is 4.14. The molecule has 0 unspecified atom stereocenters. The first-order valence-corrected chi connectivity index (χ1v) is 5.63. The zero-order valence-corrected chi connectivity index (χ0v) is 10.4. The second-order valence-corrected chi connectivity index (χ2v) is 4.14. The molecule has 0 bridgehead atoms. The summed E-state index contributed by atoms with van der Waals surface area (Å²) in [7, 11) is 0. The molecule has 0 N–H and O–H groups in total. The van der Waals surface area contributed by atoms with Gasteiger partial charge in [0.1, 0.15) is 18.0 Å². The van der Waals surface area contributed by atoms with Gasteiger partial charge in [-0.15, -0.1) is 0 Å². The maximum absolute atomic E-state index is 12.6. The molecular formula is C14H15FO3. The largest absolute Gasteiger partial charge is 0.434 e. The average Bonchev–Trinajstić information content (AvgIpc) is 2.31. The van der Waals surface area contributed by atoms with E-state index in [2.05, 4.69) is 0 Å². The lowest BCUT2D eigenvalue weighted by Crippen LogP contribution is -2.13. The number of hydrogen-bond donors (Lipinski definition) is 0. The van der Waals surface area contributed by atoms with Gasteiger partial charge in [0.25, 0.3) is 0 Å². The Kier molecular flexibility index (Phi) is 5.24. The van der Waals surface area contributed by atoms with Crippen LogP contribution in [-0.2, 0) is 14.3 Å². The van der Waals surface area contributed by atoms with Crippen LogP contribution in [0.1, 0.15) is 25.8 Å². The van der Waals surface area contributed by atoms with Gasteiger partial charge < -0.3 is 4.74 Å². The Morgan fingerprint density at radius 1 is 1.28 bits per heavy atom. The fourth-order valence-corrected chi connectivity index (χ4v) is 1.15. The molecule has 0 aromatic heterocycles. The Balaban J connectivity index is 2.43. The Labute approximate surface area is 105 Å². The molecule has 0 saturated heterocycles. The van der Waals surface area contributed by atoms with E-state index in [4.69, 9.17) is 4.74 Å². The van der Waals surface area contributed by atoms with E-state index in [-0.39, 0.29) is 23.9 Å². The van der Waals surface area contributed by atoms with Gasteiger partial charge in [0.2, 0.25) is 0 Å². The van der Waals surface area contributed by atoms with Gasteiger partial charge in [-0.25, -0.2) is 4.39 Å². The zero-order chi connectivity index (χ0) is 13.5. The number of carbonyl (C=O) groups excluding carboxylic acids is 2. The molecule has 1 aromatic rings. The molecule has 0 fully saturated rings. The van der Waals surface area contributed by atoms with Crippen LogP contribution in [-0.4, -0.2) is 11.8 Å². The molecule has 1 rings (SSSR count). The maximum Gasteiger partial charge on any atom is 0.318 e. The summed E-state index contributed by atoms with van der Waals surface area (Å²) in [6.07, 6.45) is 2.49. The minimum Gasteiger partial charge on any atom is -0.434 e. The highest BCUT2D eigenvalue weighted by Gasteiger charge is 2.12. The second kappa shape index (κ2) is 6.69. The lowest BCUT2D eigenvalue weighted by molar-refractivity contribution is -0.141. The molecule has 0 radical (unpaired) electrons. The molecule has 3 nitrogen and oxygen atoms in total. The Morgan fingerprint density at radius 3 is 2.44 bits per heavy atom. The van der Waals surface area contributed by atoms with Gasteiger partial charge in [-0.1, -0.05) is 26.0 Å². The third kappa shape index (κ3) is 4.91. The summed E-state index contributed by atoms with van der Waals surface area (Å²) in [5, 5.41) is 0. The smallest absolute Gasteiger partial charge is 0.318 e. The number of Topliss-reactive ketones (excluding diaryl/α,β-unsaturated/α-hetero) is 1. The van der Waals surface area contributed by atoms with Crippen LogP contribution in [0, 0.1) is 11.7 Å². The van der Waals surface area contributed by atoms with Gasteiger partial charge in [0.15, 0.2) is 0 Å². The van der Waals surface area contributed by atoms with Crippen LogP contribution in [0.3, 0.4) is 0 Å². The predicted octanol–water partition coefficient (Wildman–Crippen LogP) is 2.95. The Morgan fingerprint density at radius 2 is 1.89 bits per heavy atom. The normalized spacial score (nSPS) is 10.9. The predicted molar refractivity (Wildman–Crippen MR) is 66.0 cm³/mol. The van der Waals surface area contributed by atoms with Crippen LogP contribution in [0.25, 0.3) is 6.08 Å². The van der Waals surface area contributed by atoms with Crippen molar-refractivity contribution in [1.29, 1.82) is 0 Å². The van der Waals surface area contributed by atoms with Crippen LogP contribution < -0.4 is 0 Å². The number of ether oxygens (including phenoxy) is 1. The van der Waals surface area contributed by atoms with E-state index in [1.807, 2.05) is 0 Å². The molecule has 1 aromatic carbocycles. The Bertz CT molecular complexity index is 447. The topological polar surface area (TPSA) is 43.4 Å². The van der Waals surface area contributed by atoms with Crippen molar-refractivity contribution in [3.8, 4) is 0 Å². The van der Waals surface area contributed by atoms with Crippen molar-refractivity contribution in [2.24, 2.45) is 5.92 Å². The van der Waals surface area contributed by atoms with E-state index in [1.165, 1.54) is 24.5 Å². The van der Waals surface area contributed by atoms with Crippen molar-refractivity contribution in [1.82, 2.24) is 0 Å². The number of rotatable bonds is 5. The maximum atomic E-state index is 12.6. The number of carbonyl (C=O) groups is 2. The number of benzene rings is 1. The highest BCUT2D eigenvalue weighted by Crippen LogP contribution is 2.05. The van der Waals surface area contributed by atoms with Gasteiger partial charge in [-0.05, 0) is 23.8 Å². The van der Waals surface area contributed by atoms with E-state index in [0.29, 0.717) is 5.56 Å². The van der Waals surface area contributed by atoms with Crippen molar-refractivity contribution in [2.75, 3.05) is 0 Å². The molecule has 0 aliphatic heterocycles. The molecule has 0 aliphatic rings. The molecule has 96 valence electrons. The SMILES string of the molecule is CC(C)C(=O)CC(=O)O/C=C/c1ccc(F)cc1. The molecular weight excluding hydrogens is 235 g/mol. The minimum atomic E-state index is -0.591. The van der Waals surface area contributed by atoms with Crippen LogP contribution in [0.2, 0.25) is 0 Å². The van der Waals surface area contributed by atoms with E-state index >= 15 is 0 Å². The quantitative estimate of drug-likeness (QED) is 0.458. The molecule has 0 saturated carbocycles. The summed E-state index contributed by atoms with van der Waals surface area (Å²) in [5.74, 6) is -1.26. The zero-order valence-electron chi connectivity index (χ0n) is 10.4. The minimum absolute atomic E-state index is 0.157. The van der Waals surface area contributed by atoms with Crippen LogP contribution in [0.4, 0.5) is 4.39 Å². The number of esters is 1. The summed E-state index contributed by atoms with van der Waals surface area (Å²) in [6, 6.07) is 5.73. The number of hydrogen-bond acceptors (Lipinski definition) is 3. The van der Waals surface area contributed by atoms with Gasteiger partial charge in [-0.2, -0.15) is 0 Å². The van der Waals surface area contributed by atoms with Gasteiger partial charge in [-0.3, -0.25) is 9.59 Å². The first-order chi connectivity index (χ1) is 8.49.